The number of rotatable bonds is 3. The number of nitrogens with one attached hydrogen (secondary N) is 2. The van der Waals surface area contributed by atoms with E-state index >= 15 is 0 Å². The van der Waals surface area contributed by atoms with Crippen LogP contribution in [0.3, 0.4) is 0 Å². The second kappa shape index (κ2) is 5.22. The average Bonchev–Trinajstić information content (AvgIpc) is 2.77. The largest absolute Gasteiger partial charge is 0.315 e. The van der Waals surface area contributed by atoms with Gasteiger partial charge in [0, 0.05) is 18.6 Å². The Bertz CT molecular complexity index is 342. The summed E-state index contributed by atoms with van der Waals surface area (Å²) in [5.41, 5.74) is 0. The Morgan fingerprint density at radius 2 is 1.82 bits per heavy atom. The zero-order valence-electron chi connectivity index (χ0n) is 10.6. The van der Waals surface area contributed by atoms with Gasteiger partial charge in [-0.2, -0.15) is 0 Å². The zero-order chi connectivity index (χ0) is 12.5. The van der Waals surface area contributed by atoms with E-state index in [2.05, 4.69) is 24.0 Å². The van der Waals surface area contributed by atoms with Crippen LogP contribution in [0, 0.1) is 0 Å². The monoisotopic (exact) mass is 261 g/mol. The van der Waals surface area contributed by atoms with Crippen molar-refractivity contribution < 1.29 is 8.42 Å². The molecule has 5 nitrogen and oxygen atoms in total. The average molecular weight is 261 g/mol. The highest BCUT2D eigenvalue weighted by Crippen LogP contribution is 2.21. The minimum Gasteiger partial charge on any atom is -0.315 e. The van der Waals surface area contributed by atoms with Gasteiger partial charge in [0.1, 0.15) is 0 Å². The molecule has 2 saturated heterocycles. The predicted molar refractivity (Wildman–Crippen MR) is 67.9 cm³/mol. The van der Waals surface area contributed by atoms with Crippen LogP contribution in [0.25, 0.3) is 0 Å². The number of piperidine rings is 1. The van der Waals surface area contributed by atoms with Crippen molar-refractivity contribution in [2.75, 3.05) is 13.1 Å². The Hall–Kier alpha value is -0.170. The van der Waals surface area contributed by atoms with Crippen molar-refractivity contribution in [1.29, 1.82) is 0 Å². The molecule has 0 saturated carbocycles. The summed E-state index contributed by atoms with van der Waals surface area (Å²) in [5, 5.41) is 4.75. The van der Waals surface area contributed by atoms with E-state index in [1.54, 1.807) is 0 Å². The molecule has 2 fully saturated rings. The molecule has 17 heavy (non-hydrogen) atoms. The summed E-state index contributed by atoms with van der Waals surface area (Å²) in [5.74, 6) is 0. The number of nitrogens with zero attached hydrogens (tertiary/aromatic N) is 1. The molecule has 0 amide bonds. The van der Waals surface area contributed by atoms with Gasteiger partial charge in [-0.1, -0.05) is 6.42 Å². The number of sulfonamides is 1. The van der Waals surface area contributed by atoms with E-state index in [1.165, 1.54) is 6.42 Å². The lowest BCUT2D eigenvalue weighted by molar-refractivity contribution is 0.0786. The van der Waals surface area contributed by atoms with Crippen LogP contribution in [0.1, 0.15) is 39.5 Å². The molecule has 0 aromatic carbocycles. The fraction of sp³-hybridized carbons (Fsp3) is 1.00. The fourth-order valence-electron chi connectivity index (χ4n) is 2.72. The van der Waals surface area contributed by atoms with Gasteiger partial charge < -0.3 is 5.32 Å². The van der Waals surface area contributed by atoms with Crippen LogP contribution in [0.15, 0.2) is 0 Å². The Balaban J connectivity index is 2.03. The first kappa shape index (κ1) is 13.3. The summed E-state index contributed by atoms with van der Waals surface area (Å²) in [4.78, 5) is 2.80. The summed E-state index contributed by atoms with van der Waals surface area (Å²) in [6.07, 6.45) is 4.03. The highest BCUT2D eigenvalue weighted by Gasteiger charge is 2.34. The quantitative estimate of drug-likeness (QED) is 0.774. The Labute approximate surface area is 104 Å². The maximum Gasteiger partial charge on any atom is 0.228 e. The molecule has 0 aliphatic carbocycles. The Morgan fingerprint density at radius 1 is 1.18 bits per heavy atom. The minimum absolute atomic E-state index is 0.274. The van der Waals surface area contributed by atoms with Crippen LogP contribution in [-0.4, -0.2) is 43.8 Å². The van der Waals surface area contributed by atoms with Crippen LogP contribution in [0.4, 0.5) is 0 Å². The van der Waals surface area contributed by atoms with Gasteiger partial charge >= 0.3 is 0 Å². The van der Waals surface area contributed by atoms with Gasteiger partial charge in [-0.05, 0) is 39.7 Å². The summed E-state index contributed by atoms with van der Waals surface area (Å²) < 4.78 is 24.4. The number of hydrogen-bond donors (Lipinski definition) is 2. The van der Waals surface area contributed by atoms with Crippen LogP contribution in [0.2, 0.25) is 0 Å². The topological polar surface area (TPSA) is 61.4 Å². The van der Waals surface area contributed by atoms with Crippen LogP contribution in [-0.2, 0) is 10.0 Å². The van der Waals surface area contributed by atoms with Gasteiger partial charge in [-0.15, -0.1) is 4.83 Å². The van der Waals surface area contributed by atoms with Crippen LogP contribution >= 0.6 is 0 Å². The molecule has 2 rings (SSSR count). The summed E-state index contributed by atoms with van der Waals surface area (Å²) >= 11 is 0. The third-order valence-electron chi connectivity index (χ3n) is 3.88. The van der Waals surface area contributed by atoms with E-state index in [1.807, 2.05) is 5.01 Å². The van der Waals surface area contributed by atoms with Gasteiger partial charge in [-0.25, -0.2) is 13.4 Å². The SMILES string of the molecule is CC1CCCC(C)N1NS(=O)(=O)C1CCNC1. The van der Waals surface area contributed by atoms with Crippen molar-refractivity contribution >= 4 is 10.0 Å². The minimum atomic E-state index is -3.21. The lowest BCUT2D eigenvalue weighted by Gasteiger charge is -2.39. The highest BCUT2D eigenvalue weighted by molar-refractivity contribution is 7.90. The van der Waals surface area contributed by atoms with Crippen LogP contribution < -0.4 is 10.1 Å². The smallest absolute Gasteiger partial charge is 0.228 e. The molecule has 100 valence electrons. The molecular weight excluding hydrogens is 238 g/mol. The van der Waals surface area contributed by atoms with Gasteiger partial charge in [0.15, 0.2) is 0 Å². The molecule has 0 aromatic heterocycles. The Morgan fingerprint density at radius 3 is 2.35 bits per heavy atom. The molecule has 6 heteroatoms. The van der Waals surface area contributed by atoms with E-state index < -0.39 is 10.0 Å². The van der Waals surface area contributed by atoms with Crippen molar-refractivity contribution in [3.63, 3.8) is 0 Å². The lowest BCUT2D eigenvalue weighted by atomic mass is 10.0. The second-order valence-electron chi connectivity index (χ2n) is 5.29. The molecule has 2 aliphatic heterocycles. The van der Waals surface area contributed by atoms with E-state index in [0.717, 1.165) is 19.4 Å². The van der Waals surface area contributed by atoms with Crippen molar-refractivity contribution in [2.45, 2.75) is 56.9 Å². The molecule has 0 bridgehead atoms. The zero-order valence-corrected chi connectivity index (χ0v) is 11.5. The fourth-order valence-corrected chi connectivity index (χ4v) is 4.28. The maximum absolute atomic E-state index is 12.2. The summed E-state index contributed by atoms with van der Waals surface area (Å²) in [7, 11) is -3.21. The van der Waals surface area contributed by atoms with Crippen molar-refractivity contribution in [3.05, 3.63) is 0 Å². The molecule has 2 heterocycles. The molecule has 3 unspecified atom stereocenters. The molecule has 2 aliphatic rings. The second-order valence-corrected chi connectivity index (χ2v) is 7.23. The molecule has 2 N–H and O–H groups in total. The standard InChI is InChI=1S/C11H23N3O2S/c1-9-4-3-5-10(2)14(9)13-17(15,16)11-6-7-12-8-11/h9-13H,3-8H2,1-2H3. The first-order valence-electron chi connectivity index (χ1n) is 6.51. The molecule has 0 radical (unpaired) electrons. The van der Waals surface area contributed by atoms with E-state index in [0.29, 0.717) is 25.0 Å². The molecule has 3 atom stereocenters. The van der Waals surface area contributed by atoms with Gasteiger partial charge in [0.05, 0.1) is 5.25 Å². The van der Waals surface area contributed by atoms with Crippen molar-refractivity contribution in [3.8, 4) is 0 Å². The summed E-state index contributed by atoms with van der Waals surface area (Å²) in [6, 6.07) is 0.589. The van der Waals surface area contributed by atoms with Crippen molar-refractivity contribution in [2.24, 2.45) is 0 Å². The maximum atomic E-state index is 12.2. The first-order chi connectivity index (χ1) is 8.00. The molecule has 0 spiro atoms. The van der Waals surface area contributed by atoms with Gasteiger partial charge in [-0.3, -0.25) is 0 Å². The Kier molecular flexibility index (Phi) is 4.07. The highest BCUT2D eigenvalue weighted by atomic mass is 32.2. The van der Waals surface area contributed by atoms with Crippen molar-refractivity contribution in [1.82, 2.24) is 15.2 Å². The third-order valence-corrected chi connectivity index (χ3v) is 5.63. The van der Waals surface area contributed by atoms with E-state index in [-0.39, 0.29) is 5.25 Å². The molecule has 0 aromatic rings. The van der Waals surface area contributed by atoms with Gasteiger partial charge in [0.2, 0.25) is 10.0 Å². The number of hydrazine groups is 1. The number of hydrogen-bond acceptors (Lipinski definition) is 4. The first-order valence-corrected chi connectivity index (χ1v) is 8.05. The van der Waals surface area contributed by atoms with Crippen LogP contribution in [0.5, 0.6) is 0 Å². The predicted octanol–water partition coefficient (Wildman–Crippen LogP) is 0.446. The summed E-state index contributed by atoms with van der Waals surface area (Å²) in [6.45, 7) is 5.55. The van der Waals surface area contributed by atoms with E-state index in [9.17, 15) is 8.42 Å². The van der Waals surface area contributed by atoms with Gasteiger partial charge in [0.25, 0.3) is 0 Å². The van der Waals surface area contributed by atoms with E-state index in [4.69, 9.17) is 0 Å². The molecular formula is C11H23N3O2S. The normalized spacial score (nSPS) is 36.2. The lowest BCUT2D eigenvalue weighted by Crippen LogP contribution is -2.56. The third kappa shape index (κ3) is 2.99.